The Morgan fingerprint density at radius 2 is 2.00 bits per heavy atom. The monoisotopic (exact) mass is 316 g/mol. The zero-order chi connectivity index (χ0) is 12.5. The van der Waals surface area contributed by atoms with E-state index in [-0.39, 0.29) is 15.1 Å². The van der Waals surface area contributed by atoms with Gasteiger partial charge in [0.15, 0.2) is 11.5 Å². The fourth-order valence-corrected chi connectivity index (χ4v) is 1.77. The molecule has 0 fully saturated rings. The van der Waals surface area contributed by atoms with Crippen molar-refractivity contribution < 1.29 is 22.7 Å². The summed E-state index contributed by atoms with van der Waals surface area (Å²) in [5, 5.41) is -0.0880. The number of halogens is 5. The lowest BCUT2D eigenvalue weighted by Crippen LogP contribution is -2.19. The highest BCUT2D eigenvalue weighted by Crippen LogP contribution is 2.37. The Kier molecular flexibility index (Phi) is 3.85. The van der Waals surface area contributed by atoms with Crippen LogP contribution in [-0.2, 0) is 0 Å². The average molecular weight is 317 g/mol. The minimum atomic E-state index is -4.88. The van der Waals surface area contributed by atoms with Crippen LogP contribution in [0.1, 0.15) is 17.3 Å². The van der Waals surface area contributed by atoms with E-state index in [0.29, 0.717) is 0 Å². The summed E-state index contributed by atoms with van der Waals surface area (Å²) in [5.74, 6) is -1.22. The van der Waals surface area contributed by atoms with Crippen LogP contribution in [0.2, 0.25) is 5.02 Å². The third kappa shape index (κ3) is 3.12. The number of hydrogen-bond donors (Lipinski definition) is 0. The number of ketones is 1. The van der Waals surface area contributed by atoms with Crippen LogP contribution in [0.25, 0.3) is 0 Å². The van der Waals surface area contributed by atoms with Gasteiger partial charge in [-0.05, 0) is 35.0 Å². The van der Waals surface area contributed by atoms with Gasteiger partial charge >= 0.3 is 6.36 Å². The van der Waals surface area contributed by atoms with E-state index in [1.165, 1.54) is 12.1 Å². The van der Waals surface area contributed by atoms with Crippen molar-refractivity contribution in [2.24, 2.45) is 0 Å². The van der Waals surface area contributed by atoms with Crippen LogP contribution in [0.15, 0.2) is 16.6 Å². The van der Waals surface area contributed by atoms with E-state index in [0.717, 1.165) is 6.92 Å². The topological polar surface area (TPSA) is 26.3 Å². The molecule has 7 heteroatoms. The number of carbonyl (C=O) groups excluding carboxylic acids is 1. The Labute approximate surface area is 102 Å². The largest absolute Gasteiger partial charge is 0.573 e. The molecule has 0 aliphatic heterocycles. The molecular weight excluding hydrogens is 312 g/mol. The molecule has 0 radical (unpaired) electrons. The SMILES string of the molecule is CC(=O)c1c(Cl)ccc(Br)c1OC(F)(F)F. The predicted octanol–water partition coefficient (Wildman–Crippen LogP) is 4.20. The van der Waals surface area contributed by atoms with Crippen LogP contribution in [-0.4, -0.2) is 12.1 Å². The molecule has 1 aromatic rings. The quantitative estimate of drug-likeness (QED) is 0.764. The number of Topliss-reactive ketones (excluding diaryl/α,β-unsaturated/α-hetero) is 1. The van der Waals surface area contributed by atoms with E-state index in [1.807, 2.05) is 0 Å². The fraction of sp³-hybridized carbons (Fsp3) is 0.222. The molecule has 0 heterocycles. The van der Waals surface area contributed by atoms with Crippen molar-refractivity contribution in [2.75, 3.05) is 0 Å². The van der Waals surface area contributed by atoms with Crippen LogP contribution in [0.5, 0.6) is 5.75 Å². The summed E-state index contributed by atoms with van der Waals surface area (Å²) in [5.41, 5.74) is -0.298. The Morgan fingerprint density at radius 3 is 2.44 bits per heavy atom. The second kappa shape index (κ2) is 4.63. The first-order valence-corrected chi connectivity index (χ1v) is 5.14. The first-order chi connectivity index (χ1) is 7.22. The molecule has 0 saturated heterocycles. The van der Waals surface area contributed by atoms with Crippen LogP contribution in [0.3, 0.4) is 0 Å². The van der Waals surface area contributed by atoms with Crippen molar-refractivity contribution in [3.8, 4) is 5.75 Å². The molecule has 0 saturated carbocycles. The fourth-order valence-electron chi connectivity index (χ4n) is 1.08. The second-order valence-corrected chi connectivity index (χ2v) is 4.10. The molecule has 16 heavy (non-hydrogen) atoms. The van der Waals surface area contributed by atoms with Gasteiger partial charge in [0.05, 0.1) is 15.1 Å². The lowest BCUT2D eigenvalue weighted by atomic mass is 10.1. The number of ether oxygens (including phenoxy) is 1. The van der Waals surface area contributed by atoms with Crippen molar-refractivity contribution >= 4 is 33.3 Å². The number of rotatable bonds is 2. The van der Waals surface area contributed by atoms with Gasteiger partial charge in [-0.2, -0.15) is 0 Å². The van der Waals surface area contributed by atoms with E-state index in [9.17, 15) is 18.0 Å². The lowest BCUT2D eigenvalue weighted by Gasteiger charge is -2.14. The van der Waals surface area contributed by atoms with Gasteiger partial charge in [0.25, 0.3) is 0 Å². The molecule has 0 bridgehead atoms. The summed E-state index contributed by atoms with van der Waals surface area (Å²) in [7, 11) is 0. The van der Waals surface area contributed by atoms with Crippen molar-refractivity contribution in [2.45, 2.75) is 13.3 Å². The molecule has 1 rings (SSSR count). The molecule has 0 aliphatic carbocycles. The molecule has 1 aromatic carbocycles. The third-order valence-corrected chi connectivity index (χ3v) is 2.57. The van der Waals surface area contributed by atoms with E-state index in [4.69, 9.17) is 11.6 Å². The molecule has 0 amide bonds. The summed E-state index contributed by atoms with van der Waals surface area (Å²) >= 11 is 8.50. The van der Waals surface area contributed by atoms with Crippen molar-refractivity contribution in [3.63, 3.8) is 0 Å². The minimum Gasteiger partial charge on any atom is -0.404 e. The number of alkyl halides is 3. The Bertz CT molecular complexity index is 431. The standard InChI is InChI=1S/C9H5BrClF3O2/c1-4(15)7-6(11)3-2-5(10)8(7)16-9(12,13)14/h2-3H,1H3. The van der Waals surface area contributed by atoms with Gasteiger partial charge in [-0.3, -0.25) is 4.79 Å². The highest BCUT2D eigenvalue weighted by molar-refractivity contribution is 9.10. The maximum absolute atomic E-state index is 12.1. The van der Waals surface area contributed by atoms with E-state index < -0.39 is 17.9 Å². The van der Waals surface area contributed by atoms with Gasteiger partial charge in [0.2, 0.25) is 0 Å². The predicted molar refractivity (Wildman–Crippen MR) is 55.8 cm³/mol. The molecule has 0 aliphatic rings. The Hall–Kier alpha value is -0.750. The van der Waals surface area contributed by atoms with Gasteiger partial charge in [0.1, 0.15) is 0 Å². The van der Waals surface area contributed by atoms with Crippen molar-refractivity contribution in [1.29, 1.82) is 0 Å². The smallest absolute Gasteiger partial charge is 0.404 e. The zero-order valence-corrected chi connectivity index (χ0v) is 10.2. The third-order valence-electron chi connectivity index (χ3n) is 1.63. The molecule has 0 spiro atoms. The summed E-state index contributed by atoms with van der Waals surface area (Å²) in [6, 6.07) is 2.58. The summed E-state index contributed by atoms with van der Waals surface area (Å²) in [4.78, 5) is 11.2. The Morgan fingerprint density at radius 1 is 1.44 bits per heavy atom. The summed E-state index contributed by atoms with van der Waals surface area (Å²) < 4.78 is 40.1. The molecule has 0 aromatic heterocycles. The summed E-state index contributed by atoms with van der Waals surface area (Å²) in [6.07, 6.45) is -4.88. The number of carbonyl (C=O) groups is 1. The van der Waals surface area contributed by atoms with Crippen LogP contribution >= 0.6 is 27.5 Å². The molecule has 2 nitrogen and oxygen atoms in total. The zero-order valence-electron chi connectivity index (χ0n) is 7.86. The van der Waals surface area contributed by atoms with E-state index in [2.05, 4.69) is 20.7 Å². The molecule has 0 unspecified atom stereocenters. The van der Waals surface area contributed by atoms with Crippen LogP contribution in [0.4, 0.5) is 13.2 Å². The number of benzene rings is 1. The first-order valence-electron chi connectivity index (χ1n) is 3.97. The minimum absolute atomic E-state index is 0.0134. The first kappa shape index (κ1) is 13.3. The molecular formula is C9H5BrClF3O2. The van der Waals surface area contributed by atoms with Gasteiger partial charge in [0, 0.05) is 0 Å². The van der Waals surface area contributed by atoms with Gasteiger partial charge in [-0.1, -0.05) is 11.6 Å². The Balaban J connectivity index is 3.35. The van der Waals surface area contributed by atoms with Gasteiger partial charge in [-0.25, -0.2) is 0 Å². The highest BCUT2D eigenvalue weighted by Gasteiger charge is 2.34. The normalized spacial score (nSPS) is 11.4. The number of hydrogen-bond acceptors (Lipinski definition) is 2. The van der Waals surface area contributed by atoms with Gasteiger partial charge in [-0.15, -0.1) is 13.2 Å². The van der Waals surface area contributed by atoms with E-state index >= 15 is 0 Å². The molecule has 88 valence electrons. The van der Waals surface area contributed by atoms with Crippen molar-refractivity contribution in [3.05, 3.63) is 27.2 Å². The van der Waals surface area contributed by atoms with Gasteiger partial charge < -0.3 is 4.74 Å². The lowest BCUT2D eigenvalue weighted by molar-refractivity contribution is -0.275. The molecule has 0 N–H and O–H groups in total. The highest BCUT2D eigenvalue weighted by atomic mass is 79.9. The summed E-state index contributed by atoms with van der Waals surface area (Å²) in [6.45, 7) is 1.11. The maximum atomic E-state index is 12.1. The van der Waals surface area contributed by atoms with Crippen molar-refractivity contribution in [1.82, 2.24) is 0 Å². The maximum Gasteiger partial charge on any atom is 0.573 e. The molecule has 0 atom stereocenters. The van der Waals surface area contributed by atoms with Crippen LogP contribution < -0.4 is 4.74 Å². The average Bonchev–Trinajstić information content (AvgIpc) is 2.08. The second-order valence-electron chi connectivity index (χ2n) is 2.84. The van der Waals surface area contributed by atoms with Crippen LogP contribution in [0, 0.1) is 0 Å². The van der Waals surface area contributed by atoms with E-state index in [1.54, 1.807) is 0 Å².